The number of carbonyl (C=O) groups excluding carboxylic acids is 2. The highest BCUT2D eigenvalue weighted by molar-refractivity contribution is 5.99. The zero-order valence-electron chi connectivity index (χ0n) is 16.7. The molecule has 2 rings (SSSR count). The molecule has 0 N–H and O–H groups in total. The van der Waals surface area contributed by atoms with Gasteiger partial charge in [0, 0.05) is 17.2 Å². The van der Waals surface area contributed by atoms with Crippen LogP contribution in [-0.4, -0.2) is 32.6 Å². The second-order valence-corrected chi connectivity index (χ2v) is 6.40. The number of ether oxygens (including phenoxy) is 3. The SMILES string of the molecule is CC[C@H](C)c1ccc(C(=O)COC(=O)/C=C/c2cc(OC)ccc2OC)cc1. The molecule has 0 heterocycles. The van der Waals surface area contributed by atoms with Gasteiger partial charge in [0.1, 0.15) is 11.5 Å². The maximum atomic E-state index is 12.2. The smallest absolute Gasteiger partial charge is 0.331 e. The second kappa shape index (κ2) is 10.3. The summed E-state index contributed by atoms with van der Waals surface area (Å²) in [5.74, 6) is 0.846. The van der Waals surface area contributed by atoms with Crippen molar-refractivity contribution in [3.05, 3.63) is 65.2 Å². The molecular weight excluding hydrogens is 356 g/mol. The number of carbonyl (C=O) groups is 2. The molecule has 0 amide bonds. The molecule has 1 atom stereocenters. The van der Waals surface area contributed by atoms with E-state index in [1.807, 2.05) is 12.1 Å². The van der Waals surface area contributed by atoms with Crippen molar-refractivity contribution in [2.75, 3.05) is 20.8 Å². The van der Waals surface area contributed by atoms with Gasteiger partial charge in [-0.25, -0.2) is 4.79 Å². The molecule has 28 heavy (non-hydrogen) atoms. The van der Waals surface area contributed by atoms with Crippen LogP contribution in [0.15, 0.2) is 48.5 Å². The van der Waals surface area contributed by atoms with E-state index < -0.39 is 5.97 Å². The minimum absolute atomic E-state index is 0.239. The summed E-state index contributed by atoms with van der Waals surface area (Å²) in [5.41, 5.74) is 2.38. The second-order valence-electron chi connectivity index (χ2n) is 6.40. The van der Waals surface area contributed by atoms with Gasteiger partial charge in [-0.05, 0) is 42.2 Å². The molecule has 148 valence electrons. The average Bonchev–Trinajstić information content (AvgIpc) is 2.75. The zero-order valence-corrected chi connectivity index (χ0v) is 16.7. The Balaban J connectivity index is 1.95. The molecule has 0 fully saturated rings. The lowest BCUT2D eigenvalue weighted by Gasteiger charge is -2.09. The topological polar surface area (TPSA) is 61.8 Å². The minimum Gasteiger partial charge on any atom is -0.497 e. The van der Waals surface area contributed by atoms with Crippen LogP contribution < -0.4 is 9.47 Å². The third kappa shape index (κ3) is 5.71. The summed E-state index contributed by atoms with van der Waals surface area (Å²) < 4.78 is 15.5. The molecule has 0 aliphatic rings. The molecule has 0 saturated carbocycles. The number of hydrogen-bond acceptors (Lipinski definition) is 5. The molecule has 2 aromatic rings. The summed E-state index contributed by atoms with van der Waals surface area (Å²) in [4.78, 5) is 24.2. The predicted octanol–water partition coefficient (Wildman–Crippen LogP) is 4.66. The first-order valence-corrected chi connectivity index (χ1v) is 9.18. The molecule has 2 aromatic carbocycles. The summed E-state index contributed by atoms with van der Waals surface area (Å²) in [7, 11) is 3.10. The van der Waals surface area contributed by atoms with Gasteiger partial charge in [0.25, 0.3) is 0 Å². The summed E-state index contributed by atoms with van der Waals surface area (Å²) in [6.45, 7) is 3.96. The van der Waals surface area contributed by atoms with Crippen molar-refractivity contribution in [1.29, 1.82) is 0 Å². The van der Waals surface area contributed by atoms with E-state index in [9.17, 15) is 9.59 Å². The van der Waals surface area contributed by atoms with Gasteiger partial charge in [-0.15, -0.1) is 0 Å². The van der Waals surface area contributed by atoms with E-state index in [0.29, 0.717) is 28.5 Å². The third-order valence-electron chi connectivity index (χ3n) is 4.60. The van der Waals surface area contributed by atoms with Crippen LogP contribution >= 0.6 is 0 Å². The van der Waals surface area contributed by atoms with Crippen LogP contribution in [-0.2, 0) is 9.53 Å². The number of Topliss-reactive ketones (excluding diaryl/α,β-unsaturated/α-hetero) is 1. The highest BCUT2D eigenvalue weighted by Gasteiger charge is 2.10. The first-order valence-electron chi connectivity index (χ1n) is 9.18. The molecule has 0 radical (unpaired) electrons. The van der Waals surface area contributed by atoms with Crippen LogP contribution in [0.5, 0.6) is 11.5 Å². The Morgan fingerprint density at radius 3 is 2.36 bits per heavy atom. The van der Waals surface area contributed by atoms with Crippen LogP contribution in [0.25, 0.3) is 6.08 Å². The van der Waals surface area contributed by atoms with Crippen molar-refractivity contribution in [3.8, 4) is 11.5 Å². The van der Waals surface area contributed by atoms with E-state index in [-0.39, 0.29) is 12.4 Å². The quantitative estimate of drug-likeness (QED) is 0.359. The first kappa shape index (κ1) is 21.2. The van der Waals surface area contributed by atoms with Crippen LogP contribution in [0, 0.1) is 0 Å². The van der Waals surface area contributed by atoms with Crippen molar-refractivity contribution in [2.24, 2.45) is 0 Å². The lowest BCUT2D eigenvalue weighted by atomic mass is 9.97. The number of hydrogen-bond donors (Lipinski definition) is 0. The largest absolute Gasteiger partial charge is 0.497 e. The van der Waals surface area contributed by atoms with E-state index in [1.54, 1.807) is 50.6 Å². The predicted molar refractivity (Wildman–Crippen MR) is 109 cm³/mol. The maximum Gasteiger partial charge on any atom is 0.331 e. The summed E-state index contributed by atoms with van der Waals surface area (Å²) >= 11 is 0. The highest BCUT2D eigenvalue weighted by atomic mass is 16.5. The van der Waals surface area contributed by atoms with Crippen molar-refractivity contribution in [1.82, 2.24) is 0 Å². The Morgan fingerprint density at radius 2 is 1.75 bits per heavy atom. The van der Waals surface area contributed by atoms with Gasteiger partial charge in [-0.1, -0.05) is 38.1 Å². The Hall–Kier alpha value is -3.08. The highest BCUT2D eigenvalue weighted by Crippen LogP contribution is 2.25. The van der Waals surface area contributed by atoms with E-state index in [0.717, 1.165) is 6.42 Å². The standard InChI is InChI=1S/C23H26O5/c1-5-16(2)17-6-8-18(9-7-17)21(24)15-28-23(25)13-10-19-14-20(26-3)11-12-22(19)27-4/h6-14,16H,5,15H2,1-4H3/b13-10+/t16-/m0/s1. The van der Waals surface area contributed by atoms with Crippen LogP contribution in [0.3, 0.4) is 0 Å². The van der Waals surface area contributed by atoms with Crippen molar-refractivity contribution < 1.29 is 23.8 Å². The van der Waals surface area contributed by atoms with Crippen LogP contribution in [0.4, 0.5) is 0 Å². The van der Waals surface area contributed by atoms with Gasteiger partial charge in [0.2, 0.25) is 0 Å². The van der Waals surface area contributed by atoms with Crippen molar-refractivity contribution >= 4 is 17.8 Å². The fourth-order valence-corrected chi connectivity index (χ4v) is 2.63. The van der Waals surface area contributed by atoms with Crippen molar-refractivity contribution in [3.63, 3.8) is 0 Å². The number of ketones is 1. The minimum atomic E-state index is -0.602. The summed E-state index contributed by atoms with van der Waals surface area (Å²) in [6, 6.07) is 12.7. The lowest BCUT2D eigenvalue weighted by molar-refractivity contribution is -0.136. The molecule has 0 aliphatic heterocycles. The van der Waals surface area contributed by atoms with Gasteiger partial charge in [0.15, 0.2) is 12.4 Å². The van der Waals surface area contributed by atoms with Crippen LogP contribution in [0.2, 0.25) is 0 Å². The van der Waals surface area contributed by atoms with Gasteiger partial charge in [-0.3, -0.25) is 4.79 Å². The zero-order chi connectivity index (χ0) is 20.5. The number of rotatable bonds is 9. The molecular formula is C23H26O5. The van der Waals surface area contributed by atoms with E-state index in [2.05, 4.69) is 13.8 Å². The molecule has 0 bridgehead atoms. The number of benzene rings is 2. The molecule has 0 spiro atoms. The normalized spacial score (nSPS) is 11.9. The maximum absolute atomic E-state index is 12.2. The molecule has 5 nitrogen and oxygen atoms in total. The lowest BCUT2D eigenvalue weighted by Crippen LogP contribution is -2.12. The number of esters is 1. The summed E-state index contributed by atoms with van der Waals surface area (Å²) in [6.07, 6.45) is 3.86. The Morgan fingerprint density at radius 1 is 1.04 bits per heavy atom. The molecule has 0 saturated heterocycles. The Bertz CT molecular complexity index is 837. The van der Waals surface area contributed by atoms with Crippen LogP contribution in [0.1, 0.15) is 47.7 Å². The van der Waals surface area contributed by atoms with Gasteiger partial charge >= 0.3 is 5.97 Å². The van der Waals surface area contributed by atoms with E-state index >= 15 is 0 Å². The average molecular weight is 382 g/mol. The first-order chi connectivity index (χ1) is 13.5. The fraction of sp³-hybridized carbons (Fsp3) is 0.304. The molecule has 0 aromatic heterocycles. The van der Waals surface area contributed by atoms with E-state index in [4.69, 9.17) is 14.2 Å². The molecule has 0 unspecified atom stereocenters. The van der Waals surface area contributed by atoms with Gasteiger partial charge < -0.3 is 14.2 Å². The molecule has 0 aliphatic carbocycles. The monoisotopic (exact) mass is 382 g/mol. The fourth-order valence-electron chi connectivity index (χ4n) is 2.63. The Labute approximate surface area is 165 Å². The third-order valence-corrected chi connectivity index (χ3v) is 4.60. The molecule has 5 heteroatoms. The van der Waals surface area contributed by atoms with Gasteiger partial charge in [0.05, 0.1) is 14.2 Å². The van der Waals surface area contributed by atoms with E-state index in [1.165, 1.54) is 11.6 Å². The number of methoxy groups -OCH3 is 2. The Kier molecular flexibility index (Phi) is 7.81. The van der Waals surface area contributed by atoms with Crippen molar-refractivity contribution in [2.45, 2.75) is 26.2 Å². The van der Waals surface area contributed by atoms with Gasteiger partial charge in [-0.2, -0.15) is 0 Å². The summed E-state index contributed by atoms with van der Waals surface area (Å²) in [5, 5.41) is 0.